The van der Waals surface area contributed by atoms with Crippen molar-refractivity contribution in [3.8, 4) is 11.3 Å². The lowest BCUT2D eigenvalue weighted by Gasteiger charge is -2.14. The number of carbonyl (C=O) groups is 1. The average Bonchev–Trinajstić information content (AvgIpc) is 3.32. The number of hydrogen-bond acceptors (Lipinski definition) is 2. The number of hydrogen-bond donors (Lipinski definition) is 3. The number of H-pyrrole nitrogens is 2. The van der Waals surface area contributed by atoms with Crippen molar-refractivity contribution in [3.05, 3.63) is 70.5 Å². The second-order valence-electron chi connectivity index (χ2n) is 7.49. The highest BCUT2D eigenvalue weighted by atomic mass is 16.2. The molecular weight excluding hydrogens is 352 g/mol. The van der Waals surface area contributed by atoms with Crippen LogP contribution in [-0.2, 0) is 0 Å². The Labute approximate surface area is 161 Å². The summed E-state index contributed by atoms with van der Waals surface area (Å²) < 4.78 is 0. The largest absolute Gasteiger partial charge is 0.354 e. The minimum Gasteiger partial charge on any atom is -0.354 e. The predicted molar refractivity (Wildman–Crippen MR) is 109 cm³/mol. The molecule has 140 valence electrons. The normalized spacial score (nSPS) is 16.9. The number of nitrogens with zero attached hydrogens (tertiary/aromatic N) is 1. The molecule has 0 saturated carbocycles. The van der Waals surface area contributed by atoms with Crippen LogP contribution < -0.4 is 11.3 Å². The van der Waals surface area contributed by atoms with E-state index in [0.29, 0.717) is 23.7 Å². The third kappa shape index (κ3) is 2.78. The first-order chi connectivity index (χ1) is 13.6. The van der Waals surface area contributed by atoms with Crippen LogP contribution in [0.25, 0.3) is 33.1 Å². The molecule has 0 radical (unpaired) electrons. The number of para-hydroxylation sites is 1. The van der Waals surface area contributed by atoms with Gasteiger partial charge >= 0.3 is 0 Å². The van der Waals surface area contributed by atoms with E-state index >= 15 is 0 Å². The molecule has 6 heteroatoms. The van der Waals surface area contributed by atoms with Crippen LogP contribution in [0, 0.1) is 0 Å². The molecular formula is C22H21N4O2+. The van der Waals surface area contributed by atoms with Gasteiger partial charge in [-0.3, -0.25) is 9.59 Å². The molecule has 1 aliphatic rings. The number of carbonyl (C=O) groups excluding carboxylic acids is 1. The Bertz CT molecular complexity index is 1270. The first-order valence-corrected chi connectivity index (χ1v) is 9.46. The van der Waals surface area contributed by atoms with Crippen LogP contribution in [0.3, 0.4) is 0 Å². The van der Waals surface area contributed by atoms with Gasteiger partial charge in [0.1, 0.15) is 6.04 Å². The van der Waals surface area contributed by atoms with Gasteiger partial charge in [0.05, 0.1) is 17.8 Å². The molecule has 2 aromatic carbocycles. The third-order valence-electron chi connectivity index (χ3n) is 5.48. The van der Waals surface area contributed by atoms with Crippen LogP contribution in [0.15, 0.2) is 59.4 Å². The molecule has 1 aliphatic heterocycles. The fourth-order valence-corrected chi connectivity index (χ4v) is 3.96. The van der Waals surface area contributed by atoms with Crippen LogP contribution >= 0.6 is 0 Å². The van der Waals surface area contributed by atoms with Crippen molar-refractivity contribution >= 4 is 27.7 Å². The number of aromatic nitrogens is 2. The SMILES string of the molecule is [NH3+]C1CCN(C(=O)c2ccc3[nH]c(-c4cc5ccccc5[nH]c4=O)cc3c2)C1. The zero-order valence-corrected chi connectivity index (χ0v) is 15.4. The zero-order chi connectivity index (χ0) is 19.3. The third-order valence-corrected chi connectivity index (χ3v) is 5.48. The highest BCUT2D eigenvalue weighted by molar-refractivity contribution is 5.99. The molecule has 4 aromatic rings. The van der Waals surface area contributed by atoms with Gasteiger partial charge < -0.3 is 20.6 Å². The van der Waals surface area contributed by atoms with Crippen LogP contribution in [-0.4, -0.2) is 39.9 Å². The quantitative estimate of drug-likeness (QED) is 0.502. The molecule has 1 fully saturated rings. The van der Waals surface area contributed by atoms with E-state index in [2.05, 4.69) is 15.7 Å². The molecule has 3 heterocycles. The van der Waals surface area contributed by atoms with E-state index in [-0.39, 0.29) is 11.5 Å². The molecule has 6 nitrogen and oxygen atoms in total. The maximum Gasteiger partial charge on any atom is 0.257 e. The molecule has 0 bridgehead atoms. The number of nitrogens with one attached hydrogen (secondary N) is 2. The molecule has 0 spiro atoms. The van der Waals surface area contributed by atoms with E-state index in [4.69, 9.17) is 0 Å². The van der Waals surface area contributed by atoms with Crippen LogP contribution in [0.2, 0.25) is 0 Å². The standard InChI is InChI=1S/C22H20N4O2/c23-16-7-8-26(12-16)22(28)14-5-6-19-15(9-14)11-20(24-19)17-10-13-3-1-2-4-18(13)25-21(17)27/h1-6,9-11,16,24H,7-8,12,23H2,(H,25,27)/p+1. The molecule has 1 amide bonds. The van der Waals surface area contributed by atoms with E-state index in [1.807, 2.05) is 59.5 Å². The monoisotopic (exact) mass is 373 g/mol. The number of fused-ring (bicyclic) bond motifs is 2. The van der Waals surface area contributed by atoms with E-state index in [0.717, 1.165) is 40.5 Å². The van der Waals surface area contributed by atoms with E-state index < -0.39 is 0 Å². The maximum absolute atomic E-state index is 12.7. The van der Waals surface area contributed by atoms with Gasteiger partial charge in [0.2, 0.25) is 0 Å². The Hall–Kier alpha value is -3.38. The van der Waals surface area contributed by atoms with Gasteiger partial charge in [-0.15, -0.1) is 0 Å². The topological polar surface area (TPSA) is 96.6 Å². The summed E-state index contributed by atoms with van der Waals surface area (Å²) >= 11 is 0. The van der Waals surface area contributed by atoms with Crippen molar-refractivity contribution < 1.29 is 10.5 Å². The Morgan fingerprint density at radius 3 is 2.64 bits per heavy atom. The molecule has 1 atom stereocenters. The van der Waals surface area contributed by atoms with Crippen molar-refractivity contribution in [1.29, 1.82) is 0 Å². The fourth-order valence-electron chi connectivity index (χ4n) is 3.96. The number of quaternary nitrogens is 1. The lowest BCUT2D eigenvalue weighted by Crippen LogP contribution is -2.62. The van der Waals surface area contributed by atoms with Crippen molar-refractivity contribution in [2.24, 2.45) is 0 Å². The minimum absolute atomic E-state index is 0.0411. The first kappa shape index (κ1) is 16.8. The second-order valence-corrected chi connectivity index (χ2v) is 7.49. The Morgan fingerprint density at radius 2 is 1.82 bits per heavy atom. The van der Waals surface area contributed by atoms with Crippen LogP contribution in [0.1, 0.15) is 16.8 Å². The predicted octanol–water partition coefficient (Wildman–Crippen LogP) is 2.13. The molecule has 2 aromatic heterocycles. The number of amides is 1. The Morgan fingerprint density at radius 1 is 1.00 bits per heavy atom. The van der Waals surface area contributed by atoms with Crippen LogP contribution in [0.5, 0.6) is 0 Å². The van der Waals surface area contributed by atoms with Gasteiger partial charge in [-0.25, -0.2) is 0 Å². The number of rotatable bonds is 2. The number of likely N-dealkylation sites (tertiary alicyclic amines) is 1. The molecule has 5 rings (SSSR count). The minimum atomic E-state index is -0.139. The second kappa shape index (κ2) is 6.35. The van der Waals surface area contributed by atoms with Gasteiger partial charge in [0.15, 0.2) is 0 Å². The van der Waals surface area contributed by atoms with E-state index in [1.165, 1.54) is 0 Å². The Kier molecular flexibility index (Phi) is 3.80. The van der Waals surface area contributed by atoms with Gasteiger partial charge in [0, 0.05) is 34.9 Å². The molecule has 0 aliphatic carbocycles. The number of pyridine rings is 1. The van der Waals surface area contributed by atoms with Gasteiger partial charge in [-0.1, -0.05) is 18.2 Å². The highest BCUT2D eigenvalue weighted by Crippen LogP contribution is 2.25. The highest BCUT2D eigenvalue weighted by Gasteiger charge is 2.26. The summed E-state index contributed by atoms with van der Waals surface area (Å²) in [5, 5.41) is 1.89. The smallest absolute Gasteiger partial charge is 0.257 e. The van der Waals surface area contributed by atoms with Gasteiger partial charge in [-0.05, 0) is 41.8 Å². The summed E-state index contributed by atoms with van der Waals surface area (Å²) in [6.07, 6.45) is 0.951. The van der Waals surface area contributed by atoms with Crippen LogP contribution in [0.4, 0.5) is 0 Å². The maximum atomic E-state index is 12.7. The fraction of sp³-hybridized carbons (Fsp3) is 0.182. The van der Waals surface area contributed by atoms with Crippen molar-refractivity contribution in [2.45, 2.75) is 12.5 Å². The molecule has 1 saturated heterocycles. The van der Waals surface area contributed by atoms with Gasteiger partial charge in [0.25, 0.3) is 11.5 Å². The summed E-state index contributed by atoms with van der Waals surface area (Å²) in [6, 6.07) is 17.5. The zero-order valence-electron chi connectivity index (χ0n) is 15.4. The summed E-state index contributed by atoms with van der Waals surface area (Å²) in [5.41, 5.74) is 7.62. The van der Waals surface area contributed by atoms with Gasteiger partial charge in [-0.2, -0.15) is 0 Å². The summed E-state index contributed by atoms with van der Waals surface area (Å²) in [5.74, 6) is 0.0411. The number of benzene rings is 2. The van der Waals surface area contributed by atoms with Crippen molar-refractivity contribution in [1.82, 2.24) is 14.9 Å². The lowest BCUT2D eigenvalue weighted by molar-refractivity contribution is -0.413. The molecule has 28 heavy (non-hydrogen) atoms. The van der Waals surface area contributed by atoms with Crippen molar-refractivity contribution in [3.63, 3.8) is 0 Å². The van der Waals surface area contributed by atoms with E-state index in [9.17, 15) is 9.59 Å². The lowest BCUT2D eigenvalue weighted by atomic mass is 10.1. The average molecular weight is 373 g/mol. The van der Waals surface area contributed by atoms with E-state index in [1.54, 1.807) is 0 Å². The molecule has 5 N–H and O–H groups in total. The van der Waals surface area contributed by atoms with Crippen molar-refractivity contribution in [2.75, 3.05) is 13.1 Å². The summed E-state index contributed by atoms with van der Waals surface area (Å²) in [7, 11) is 0. The number of aromatic amines is 2. The molecule has 1 unspecified atom stereocenters. The summed E-state index contributed by atoms with van der Waals surface area (Å²) in [6.45, 7) is 1.47. The Balaban J connectivity index is 1.55. The first-order valence-electron chi connectivity index (χ1n) is 9.46. The summed E-state index contributed by atoms with van der Waals surface area (Å²) in [4.78, 5) is 33.4.